The van der Waals surface area contributed by atoms with Crippen molar-refractivity contribution in [2.75, 3.05) is 11.9 Å². The molecular weight excluding hydrogens is 304 g/mol. The highest BCUT2D eigenvalue weighted by Crippen LogP contribution is 2.20. The summed E-state index contributed by atoms with van der Waals surface area (Å²) in [5.41, 5.74) is 6.65. The van der Waals surface area contributed by atoms with Gasteiger partial charge in [0.25, 0.3) is 11.8 Å². The number of carbonyl (C=O) groups is 2. The Balaban J connectivity index is 2.04. The van der Waals surface area contributed by atoms with Crippen LogP contribution >= 0.6 is 11.6 Å². The van der Waals surface area contributed by atoms with E-state index in [4.69, 9.17) is 22.1 Å². The number of halogens is 1. The first kappa shape index (κ1) is 15.9. The van der Waals surface area contributed by atoms with Gasteiger partial charge in [-0.3, -0.25) is 9.59 Å². The first-order valence-electron chi connectivity index (χ1n) is 6.55. The van der Waals surface area contributed by atoms with E-state index in [0.29, 0.717) is 16.5 Å². The van der Waals surface area contributed by atoms with Crippen molar-refractivity contribution in [2.24, 2.45) is 5.73 Å². The maximum Gasteiger partial charge on any atom is 0.262 e. The van der Waals surface area contributed by atoms with Gasteiger partial charge in [0.05, 0.1) is 11.3 Å². The number of nitrogens with two attached hydrogens (primary N) is 1. The third-order valence-corrected chi connectivity index (χ3v) is 3.21. The Morgan fingerprint density at radius 1 is 1.23 bits per heavy atom. The highest BCUT2D eigenvalue weighted by atomic mass is 35.5. The quantitative estimate of drug-likeness (QED) is 0.889. The van der Waals surface area contributed by atoms with Crippen molar-refractivity contribution in [3.05, 3.63) is 58.6 Å². The molecule has 0 saturated heterocycles. The number of primary amides is 1. The Labute approximate surface area is 133 Å². The van der Waals surface area contributed by atoms with Crippen molar-refractivity contribution in [1.82, 2.24) is 0 Å². The molecule has 2 aromatic carbocycles. The average molecular weight is 319 g/mol. The van der Waals surface area contributed by atoms with E-state index in [1.165, 1.54) is 12.1 Å². The van der Waals surface area contributed by atoms with Crippen LogP contribution in [0.1, 0.15) is 15.9 Å². The van der Waals surface area contributed by atoms with E-state index in [9.17, 15) is 9.59 Å². The summed E-state index contributed by atoms with van der Waals surface area (Å²) in [5, 5.41) is 2.95. The van der Waals surface area contributed by atoms with Crippen molar-refractivity contribution in [3.63, 3.8) is 0 Å². The van der Waals surface area contributed by atoms with Gasteiger partial charge >= 0.3 is 0 Å². The molecule has 0 aliphatic carbocycles. The third-order valence-electron chi connectivity index (χ3n) is 2.97. The van der Waals surface area contributed by atoms with Crippen LogP contribution in [0.2, 0.25) is 5.02 Å². The number of hydrogen-bond acceptors (Lipinski definition) is 3. The highest BCUT2D eigenvalue weighted by Gasteiger charge is 2.12. The lowest BCUT2D eigenvalue weighted by Crippen LogP contribution is -2.23. The molecular formula is C16H15ClN2O3. The zero-order chi connectivity index (χ0) is 16.1. The third kappa shape index (κ3) is 3.99. The Morgan fingerprint density at radius 3 is 2.64 bits per heavy atom. The summed E-state index contributed by atoms with van der Waals surface area (Å²) in [7, 11) is 0. The summed E-state index contributed by atoms with van der Waals surface area (Å²) in [4.78, 5) is 23.3. The molecule has 2 aromatic rings. The number of nitrogens with one attached hydrogen (secondary N) is 1. The molecule has 2 rings (SSSR count). The number of carbonyl (C=O) groups excluding carboxylic acids is 2. The molecule has 2 amide bonds. The van der Waals surface area contributed by atoms with Crippen molar-refractivity contribution in [1.29, 1.82) is 0 Å². The molecule has 22 heavy (non-hydrogen) atoms. The van der Waals surface area contributed by atoms with Crippen molar-refractivity contribution in [3.8, 4) is 5.75 Å². The van der Waals surface area contributed by atoms with Crippen molar-refractivity contribution < 1.29 is 14.3 Å². The van der Waals surface area contributed by atoms with E-state index in [-0.39, 0.29) is 12.2 Å². The lowest BCUT2D eigenvalue weighted by Gasteiger charge is -2.11. The lowest BCUT2D eigenvalue weighted by atomic mass is 10.1. The van der Waals surface area contributed by atoms with Crippen LogP contribution in [0.5, 0.6) is 5.75 Å². The maximum atomic E-state index is 11.9. The number of ether oxygens (including phenoxy) is 1. The molecule has 0 bridgehead atoms. The molecule has 5 nitrogen and oxygen atoms in total. The van der Waals surface area contributed by atoms with Gasteiger partial charge in [-0.05, 0) is 36.8 Å². The fraction of sp³-hybridized carbons (Fsp3) is 0.125. The van der Waals surface area contributed by atoms with Crippen molar-refractivity contribution >= 4 is 29.1 Å². The minimum atomic E-state index is -0.669. The standard InChI is InChI=1S/C16H15ClN2O3/c1-10-4-2-3-5-14(10)22-9-15(20)19-13-7-6-11(17)8-12(13)16(18)21/h2-8H,9H2,1H3,(H2,18,21)(H,19,20). The fourth-order valence-corrected chi connectivity index (χ4v) is 2.05. The Hall–Kier alpha value is -2.53. The molecule has 0 radical (unpaired) electrons. The van der Waals surface area contributed by atoms with Gasteiger partial charge in [0.1, 0.15) is 5.75 Å². The molecule has 0 atom stereocenters. The molecule has 0 aliphatic heterocycles. The Bertz CT molecular complexity index is 716. The van der Waals surface area contributed by atoms with E-state index in [2.05, 4.69) is 5.32 Å². The fourth-order valence-electron chi connectivity index (χ4n) is 1.88. The minimum absolute atomic E-state index is 0.150. The lowest BCUT2D eigenvalue weighted by molar-refractivity contribution is -0.118. The van der Waals surface area contributed by atoms with Crippen LogP contribution in [0, 0.1) is 6.92 Å². The van der Waals surface area contributed by atoms with E-state index in [1.807, 2.05) is 25.1 Å². The first-order chi connectivity index (χ1) is 10.5. The van der Waals surface area contributed by atoms with Crippen LogP contribution in [-0.2, 0) is 4.79 Å². The molecule has 114 valence electrons. The number of amides is 2. The molecule has 0 heterocycles. The summed E-state index contributed by atoms with van der Waals surface area (Å²) in [6.45, 7) is 1.71. The SMILES string of the molecule is Cc1ccccc1OCC(=O)Nc1ccc(Cl)cc1C(N)=O. The van der Waals surface area contributed by atoms with E-state index < -0.39 is 11.8 Å². The molecule has 6 heteroatoms. The smallest absolute Gasteiger partial charge is 0.262 e. The predicted octanol–water partition coefficient (Wildman–Crippen LogP) is 2.76. The van der Waals surface area contributed by atoms with Gasteiger partial charge in [0.15, 0.2) is 6.61 Å². The second kappa shape index (κ2) is 6.95. The molecule has 0 saturated carbocycles. The van der Waals surface area contributed by atoms with Crippen LogP contribution in [0.4, 0.5) is 5.69 Å². The minimum Gasteiger partial charge on any atom is -0.483 e. The monoisotopic (exact) mass is 318 g/mol. The van der Waals surface area contributed by atoms with Gasteiger partial charge in [0.2, 0.25) is 0 Å². The molecule has 0 aromatic heterocycles. The Kier molecular flexibility index (Phi) is 5.01. The van der Waals surface area contributed by atoms with Crippen molar-refractivity contribution in [2.45, 2.75) is 6.92 Å². The van der Waals surface area contributed by atoms with Crippen LogP contribution < -0.4 is 15.8 Å². The van der Waals surface area contributed by atoms with Crippen LogP contribution in [0.25, 0.3) is 0 Å². The van der Waals surface area contributed by atoms with Gasteiger partial charge in [-0.2, -0.15) is 0 Å². The number of para-hydroxylation sites is 1. The van der Waals surface area contributed by atoms with Gasteiger partial charge in [-0.1, -0.05) is 29.8 Å². The zero-order valence-corrected chi connectivity index (χ0v) is 12.7. The number of hydrogen-bond donors (Lipinski definition) is 2. The zero-order valence-electron chi connectivity index (χ0n) is 11.9. The van der Waals surface area contributed by atoms with Crippen LogP contribution in [0.3, 0.4) is 0 Å². The summed E-state index contributed by atoms with van der Waals surface area (Å²) >= 11 is 5.81. The number of rotatable bonds is 5. The largest absolute Gasteiger partial charge is 0.483 e. The van der Waals surface area contributed by atoms with Gasteiger partial charge in [0, 0.05) is 5.02 Å². The van der Waals surface area contributed by atoms with E-state index in [0.717, 1.165) is 5.56 Å². The second-order valence-electron chi connectivity index (χ2n) is 4.66. The van der Waals surface area contributed by atoms with E-state index in [1.54, 1.807) is 12.1 Å². The van der Waals surface area contributed by atoms with Gasteiger partial charge in [-0.25, -0.2) is 0 Å². The normalized spacial score (nSPS) is 10.1. The molecule has 0 fully saturated rings. The van der Waals surface area contributed by atoms with E-state index >= 15 is 0 Å². The summed E-state index contributed by atoms with van der Waals surface area (Å²) in [6.07, 6.45) is 0. The predicted molar refractivity (Wildman–Crippen MR) is 85.3 cm³/mol. The van der Waals surface area contributed by atoms with Gasteiger partial charge in [-0.15, -0.1) is 0 Å². The number of anilines is 1. The summed E-state index contributed by atoms with van der Waals surface area (Å²) in [6, 6.07) is 11.9. The molecule has 0 spiro atoms. The average Bonchev–Trinajstić information content (AvgIpc) is 2.48. The summed E-state index contributed by atoms with van der Waals surface area (Å²) < 4.78 is 5.44. The molecule has 3 N–H and O–H groups in total. The van der Waals surface area contributed by atoms with Gasteiger partial charge < -0.3 is 15.8 Å². The molecule has 0 aliphatic rings. The van der Waals surface area contributed by atoms with Crippen LogP contribution in [-0.4, -0.2) is 18.4 Å². The Morgan fingerprint density at radius 2 is 1.95 bits per heavy atom. The summed E-state index contributed by atoms with van der Waals surface area (Å²) in [5.74, 6) is -0.436. The topological polar surface area (TPSA) is 81.4 Å². The molecule has 0 unspecified atom stereocenters. The first-order valence-corrected chi connectivity index (χ1v) is 6.93. The number of benzene rings is 2. The van der Waals surface area contributed by atoms with Crippen LogP contribution in [0.15, 0.2) is 42.5 Å². The second-order valence-corrected chi connectivity index (χ2v) is 5.09. The maximum absolute atomic E-state index is 11.9. The highest BCUT2D eigenvalue weighted by molar-refractivity contribution is 6.31. The number of aryl methyl sites for hydroxylation is 1.